The summed E-state index contributed by atoms with van der Waals surface area (Å²) in [5, 5.41) is 11.8. The molecule has 0 N–H and O–H groups in total. The van der Waals surface area contributed by atoms with Gasteiger partial charge in [0.1, 0.15) is 0 Å². The summed E-state index contributed by atoms with van der Waals surface area (Å²) in [6.07, 6.45) is 0. The van der Waals surface area contributed by atoms with Crippen molar-refractivity contribution in [3.8, 4) is 66.8 Å². The van der Waals surface area contributed by atoms with Crippen molar-refractivity contribution in [2.45, 2.75) is 0 Å². The van der Waals surface area contributed by atoms with Crippen molar-refractivity contribution in [3.63, 3.8) is 0 Å². The summed E-state index contributed by atoms with van der Waals surface area (Å²) in [5.41, 5.74) is 15.3. The zero-order valence-electron chi connectivity index (χ0n) is 33.5. The molecule has 1 heteroatoms. The van der Waals surface area contributed by atoms with Crippen LogP contribution < -0.4 is 15.9 Å². The summed E-state index contributed by atoms with van der Waals surface area (Å²) in [7, 11) is -0.926. The monoisotopic (exact) mass is 790 g/mol. The molecule has 1 aliphatic carbocycles. The Morgan fingerprint density at radius 3 is 1.20 bits per heavy atom. The lowest BCUT2D eigenvalue weighted by atomic mass is 9.82. The highest BCUT2D eigenvalue weighted by atomic mass is 31.1. The Balaban J connectivity index is 1.12. The molecule has 0 unspecified atom stereocenters. The van der Waals surface area contributed by atoms with E-state index in [2.05, 4.69) is 237 Å². The van der Waals surface area contributed by atoms with Gasteiger partial charge in [-0.1, -0.05) is 212 Å². The summed E-state index contributed by atoms with van der Waals surface area (Å²) in [4.78, 5) is 0. The quantitative estimate of drug-likeness (QED) is 0.111. The summed E-state index contributed by atoms with van der Waals surface area (Å²) in [6, 6.07) is 87.9. The molecule has 0 saturated carbocycles. The maximum atomic E-state index is 2.52. The molecular weight excluding hydrogens is 752 g/mol. The van der Waals surface area contributed by atoms with Crippen molar-refractivity contribution in [3.05, 3.63) is 237 Å². The second kappa shape index (κ2) is 14.7. The van der Waals surface area contributed by atoms with E-state index in [1.165, 1.54) is 115 Å². The lowest BCUT2D eigenvalue weighted by Gasteiger charge is -2.22. The fourth-order valence-electron chi connectivity index (χ4n) is 9.89. The molecule has 0 radical (unpaired) electrons. The Labute approximate surface area is 357 Å². The normalized spacial score (nSPS) is 11.8. The van der Waals surface area contributed by atoms with E-state index in [4.69, 9.17) is 0 Å². The molecule has 61 heavy (non-hydrogen) atoms. The van der Waals surface area contributed by atoms with Crippen LogP contribution in [-0.4, -0.2) is 0 Å². The van der Waals surface area contributed by atoms with Gasteiger partial charge in [0.25, 0.3) is 0 Å². The summed E-state index contributed by atoms with van der Waals surface area (Å²) in [6.45, 7) is 0. The number of benzene rings is 11. The van der Waals surface area contributed by atoms with Crippen LogP contribution in [-0.2, 0) is 0 Å². The van der Waals surface area contributed by atoms with Crippen LogP contribution in [0.2, 0.25) is 0 Å². The maximum Gasteiger partial charge on any atom is -0.000719 e. The van der Waals surface area contributed by atoms with Gasteiger partial charge in [0.2, 0.25) is 0 Å². The summed E-state index contributed by atoms with van der Waals surface area (Å²) in [5.74, 6) is 0. The van der Waals surface area contributed by atoms with Crippen LogP contribution in [0.4, 0.5) is 0 Å². The number of rotatable bonds is 7. The lowest BCUT2D eigenvalue weighted by Crippen LogP contribution is -2.21. The predicted octanol–water partition coefficient (Wildman–Crippen LogP) is 15.2. The van der Waals surface area contributed by atoms with E-state index in [1.807, 2.05) is 0 Å². The number of hydrogen-bond acceptors (Lipinski definition) is 0. The smallest absolute Gasteiger partial charge is 0.000719 e. The molecule has 0 nitrogen and oxygen atoms in total. The van der Waals surface area contributed by atoms with Crippen molar-refractivity contribution in [1.29, 1.82) is 0 Å². The van der Waals surface area contributed by atoms with Crippen molar-refractivity contribution in [2.75, 3.05) is 0 Å². The van der Waals surface area contributed by atoms with Crippen molar-refractivity contribution in [2.24, 2.45) is 0 Å². The molecule has 0 heterocycles. The lowest BCUT2D eigenvalue weighted by molar-refractivity contribution is 1.62. The first-order chi connectivity index (χ1) is 30.3. The second-order valence-corrected chi connectivity index (χ2v) is 18.2. The minimum atomic E-state index is -0.926. The van der Waals surface area contributed by atoms with Crippen LogP contribution in [0.3, 0.4) is 0 Å². The van der Waals surface area contributed by atoms with Gasteiger partial charge in [-0.05, 0) is 147 Å². The van der Waals surface area contributed by atoms with Gasteiger partial charge in [-0.2, -0.15) is 0 Å². The molecule has 0 saturated heterocycles. The Morgan fingerprint density at radius 2 is 0.656 bits per heavy atom. The Kier molecular flexibility index (Phi) is 8.58. The minimum Gasteiger partial charge on any atom is -0.0622 e. The SMILES string of the molecule is c1ccc(-c2cccc(P(c3cccc(-c4ccccc4)c3)c3ccc4cc5c6c(cccc6c4c3)-c3c-5c(-c4ccccc4)c4ccccc4c3-c3ccccc3)c2)cc1. The van der Waals surface area contributed by atoms with Gasteiger partial charge in [-0.3, -0.25) is 0 Å². The molecule has 284 valence electrons. The first kappa shape index (κ1) is 35.6. The molecular formula is C60H39P. The highest BCUT2D eigenvalue weighted by Gasteiger charge is 2.31. The van der Waals surface area contributed by atoms with E-state index in [0.717, 1.165) is 0 Å². The Bertz CT molecular complexity index is 3360. The third-order valence-corrected chi connectivity index (χ3v) is 14.9. The van der Waals surface area contributed by atoms with Gasteiger partial charge < -0.3 is 0 Å². The van der Waals surface area contributed by atoms with Crippen LogP contribution in [0, 0.1) is 0 Å². The van der Waals surface area contributed by atoms with Gasteiger partial charge in [0, 0.05) is 0 Å². The molecule has 1 aliphatic rings. The molecule has 11 aromatic carbocycles. The number of hydrogen-bond donors (Lipinski definition) is 0. The van der Waals surface area contributed by atoms with Crippen LogP contribution in [0.1, 0.15) is 0 Å². The first-order valence-electron chi connectivity index (χ1n) is 21.1. The zero-order valence-corrected chi connectivity index (χ0v) is 34.4. The third-order valence-electron chi connectivity index (χ3n) is 12.5. The molecule has 11 aromatic rings. The molecule has 0 aliphatic heterocycles. The number of fused-ring (bicyclic) bond motifs is 6. The van der Waals surface area contributed by atoms with Gasteiger partial charge >= 0.3 is 0 Å². The molecule has 0 fully saturated rings. The minimum absolute atomic E-state index is 0.926. The van der Waals surface area contributed by atoms with Crippen molar-refractivity contribution in [1.82, 2.24) is 0 Å². The van der Waals surface area contributed by atoms with Crippen molar-refractivity contribution < 1.29 is 0 Å². The van der Waals surface area contributed by atoms with E-state index >= 15 is 0 Å². The zero-order chi connectivity index (χ0) is 40.3. The van der Waals surface area contributed by atoms with Crippen LogP contribution >= 0.6 is 7.92 Å². The Hall–Kier alpha value is -7.37. The topological polar surface area (TPSA) is 0 Å². The average molecular weight is 791 g/mol. The molecule has 12 rings (SSSR count). The summed E-state index contributed by atoms with van der Waals surface area (Å²) < 4.78 is 0. The Morgan fingerprint density at radius 1 is 0.230 bits per heavy atom. The average Bonchev–Trinajstić information content (AvgIpc) is 3.66. The van der Waals surface area contributed by atoms with Crippen LogP contribution in [0.25, 0.3) is 99.1 Å². The predicted molar refractivity (Wildman–Crippen MR) is 264 cm³/mol. The van der Waals surface area contributed by atoms with E-state index < -0.39 is 7.92 Å². The second-order valence-electron chi connectivity index (χ2n) is 16.0. The van der Waals surface area contributed by atoms with Gasteiger partial charge in [0.15, 0.2) is 0 Å². The molecule has 0 amide bonds. The van der Waals surface area contributed by atoms with Gasteiger partial charge in [-0.15, -0.1) is 0 Å². The third kappa shape index (κ3) is 5.95. The van der Waals surface area contributed by atoms with E-state index in [1.54, 1.807) is 0 Å². The highest BCUT2D eigenvalue weighted by molar-refractivity contribution is 7.79. The molecule has 0 atom stereocenters. The largest absolute Gasteiger partial charge is 0.0622 e. The fourth-order valence-corrected chi connectivity index (χ4v) is 12.3. The first-order valence-corrected chi connectivity index (χ1v) is 22.4. The standard InChI is InChI=1S/C60H39P/c1-5-18-40(19-6-1)44-26-15-28-47(36-44)61(48-29-16-27-45(37-48)41-20-7-2-8-21-41)49-35-34-46-38-55-58-52(54(46)39-49)32-17-33-53(58)59-56(42-22-9-3-10-23-42)50-30-13-14-31-51(50)57(60(55)59)43-24-11-4-12-25-43/h1-39H. The molecule has 0 aromatic heterocycles. The van der Waals surface area contributed by atoms with Gasteiger partial charge in [-0.25, -0.2) is 0 Å². The van der Waals surface area contributed by atoms with E-state index in [0.29, 0.717) is 0 Å². The fraction of sp³-hybridized carbons (Fsp3) is 0. The maximum absolute atomic E-state index is 2.52. The molecule has 0 bridgehead atoms. The van der Waals surface area contributed by atoms with Crippen LogP contribution in [0.15, 0.2) is 237 Å². The van der Waals surface area contributed by atoms with E-state index in [9.17, 15) is 0 Å². The van der Waals surface area contributed by atoms with Crippen molar-refractivity contribution >= 4 is 56.2 Å². The highest BCUT2D eigenvalue weighted by Crippen LogP contribution is 2.58. The molecule has 0 spiro atoms. The van der Waals surface area contributed by atoms with E-state index in [-0.39, 0.29) is 0 Å². The summed E-state index contributed by atoms with van der Waals surface area (Å²) >= 11 is 0. The van der Waals surface area contributed by atoms with Crippen LogP contribution in [0.5, 0.6) is 0 Å². The van der Waals surface area contributed by atoms with Gasteiger partial charge in [0.05, 0.1) is 0 Å².